The van der Waals surface area contributed by atoms with Gasteiger partial charge in [-0.25, -0.2) is 0 Å². The summed E-state index contributed by atoms with van der Waals surface area (Å²) >= 11 is 0. The summed E-state index contributed by atoms with van der Waals surface area (Å²) in [6, 6.07) is 11.0. The molecule has 6 nitrogen and oxygen atoms in total. The molecule has 0 radical (unpaired) electrons. The number of aryl methyl sites for hydroxylation is 2. The van der Waals surface area contributed by atoms with Gasteiger partial charge in [-0.15, -0.1) is 0 Å². The third kappa shape index (κ3) is 5.13. The average molecular weight is 478 g/mol. The van der Waals surface area contributed by atoms with Crippen molar-refractivity contribution in [2.24, 2.45) is 0 Å². The molecule has 0 fully saturated rings. The van der Waals surface area contributed by atoms with Crippen LogP contribution in [0.25, 0.3) is 11.0 Å². The Hall–Kier alpha value is -3.12. The number of hydrogen-bond acceptors (Lipinski definition) is 5. The normalized spacial score (nSPS) is 15.3. The molecule has 0 spiro atoms. The highest BCUT2D eigenvalue weighted by molar-refractivity contribution is 5.99. The van der Waals surface area contributed by atoms with Crippen LogP contribution in [0, 0.1) is 13.8 Å². The summed E-state index contributed by atoms with van der Waals surface area (Å²) in [5.41, 5.74) is 3.45. The molecule has 2 aromatic carbocycles. The Balaban J connectivity index is 1.76. The van der Waals surface area contributed by atoms with Gasteiger partial charge in [0.2, 0.25) is 5.76 Å². The molecule has 1 aromatic heterocycles. The second-order valence-electron chi connectivity index (χ2n) is 9.58. The molecule has 35 heavy (non-hydrogen) atoms. The fourth-order valence-electron chi connectivity index (χ4n) is 4.69. The van der Waals surface area contributed by atoms with Crippen LogP contribution < -0.4 is 10.2 Å². The summed E-state index contributed by atoms with van der Waals surface area (Å²) in [5, 5.41) is 0.517. The first-order chi connectivity index (χ1) is 16.8. The van der Waals surface area contributed by atoms with E-state index in [0.29, 0.717) is 42.7 Å². The second kappa shape index (κ2) is 10.6. The molecule has 0 N–H and O–H groups in total. The van der Waals surface area contributed by atoms with Crippen molar-refractivity contribution < 1.29 is 18.7 Å². The van der Waals surface area contributed by atoms with E-state index in [2.05, 4.69) is 6.92 Å². The van der Waals surface area contributed by atoms with E-state index in [4.69, 9.17) is 13.9 Å². The molecule has 0 aliphatic carbocycles. The summed E-state index contributed by atoms with van der Waals surface area (Å²) in [6.45, 7) is 11.6. The molecule has 1 aliphatic heterocycles. The lowest BCUT2D eigenvalue weighted by molar-refractivity contribution is 0.0593. The van der Waals surface area contributed by atoms with Crippen molar-refractivity contribution >= 4 is 16.9 Å². The van der Waals surface area contributed by atoms with Gasteiger partial charge >= 0.3 is 0 Å². The highest BCUT2D eigenvalue weighted by atomic mass is 16.5. The summed E-state index contributed by atoms with van der Waals surface area (Å²) in [5.74, 6) is 0.671. The quantitative estimate of drug-likeness (QED) is 0.338. The van der Waals surface area contributed by atoms with Crippen molar-refractivity contribution in [3.05, 3.63) is 74.6 Å². The molecule has 4 rings (SSSR count). The number of rotatable bonds is 10. The molecule has 0 bridgehead atoms. The molecule has 6 heteroatoms. The van der Waals surface area contributed by atoms with Crippen molar-refractivity contribution in [3.63, 3.8) is 0 Å². The third-order valence-electron chi connectivity index (χ3n) is 6.35. The first kappa shape index (κ1) is 25.0. The van der Waals surface area contributed by atoms with Crippen molar-refractivity contribution in [2.45, 2.75) is 66.0 Å². The first-order valence-corrected chi connectivity index (χ1v) is 12.5. The molecule has 1 unspecified atom stereocenters. The lowest BCUT2D eigenvalue weighted by atomic mass is 9.97. The van der Waals surface area contributed by atoms with Crippen LogP contribution in [0.15, 0.2) is 45.6 Å². The van der Waals surface area contributed by atoms with Crippen LogP contribution >= 0.6 is 0 Å². The smallest absolute Gasteiger partial charge is 0.290 e. The number of carbonyl (C=O) groups excluding carboxylic acids is 1. The minimum absolute atomic E-state index is 0.122. The van der Waals surface area contributed by atoms with Gasteiger partial charge in [0.05, 0.1) is 29.7 Å². The van der Waals surface area contributed by atoms with Gasteiger partial charge in [0.1, 0.15) is 11.3 Å². The Bertz CT molecular complexity index is 1260. The van der Waals surface area contributed by atoms with Crippen molar-refractivity contribution in [2.75, 3.05) is 19.8 Å². The largest absolute Gasteiger partial charge is 0.494 e. The van der Waals surface area contributed by atoms with Gasteiger partial charge < -0.3 is 18.8 Å². The number of amides is 1. The maximum Gasteiger partial charge on any atom is 0.290 e. The molecule has 3 aromatic rings. The zero-order chi connectivity index (χ0) is 25.1. The van der Waals surface area contributed by atoms with E-state index in [1.165, 1.54) is 0 Å². The van der Waals surface area contributed by atoms with Gasteiger partial charge in [-0.05, 0) is 75.4 Å². The number of ether oxygens (including phenoxy) is 2. The Morgan fingerprint density at radius 1 is 1.03 bits per heavy atom. The van der Waals surface area contributed by atoms with Crippen molar-refractivity contribution in [1.29, 1.82) is 0 Å². The Morgan fingerprint density at radius 3 is 2.46 bits per heavy atom. The summed E-state index contributed by atoms with van der Waals surface area (Å²) in [6.07, 6.45) is 2.85. The monoisotopic (exact) mass is 477 g/mol. The molecule has 186 valence electrons. The maximum atomic E-state index is 13.8. The van der Waals surface area contributed by atoms with Crippen molar-refractivity contribution in [1.82, 2.24) is 4.90 Å². The van der Waals surface area contributed by atoms with E-state index in [1.54, 1.807) is 4.90 Å². The van der Waals surface area contributed by atoms with E-state index in [1.807, 2.05) is 64.1 Å². The fraction of sp³-hybridized carbons (Fsp3) is 0.448. The maximum absolute atomic E-state index is 13.8. The van der Waals surface area contributed by atoms with Crippen molar-refractivity contribution in [3.8, 4) is 5.75 Å². The minimum Gasteiger partial charge on any atom is -0.494 e. The zero-order valence-corrected chi connectivity index (χ0v) is 21.3. The number of unbranched alkanes of at least 4 members (excludes halogenated alkanes) is 1. The predicted molar refractivity (Wildman–Crippen MR) is 137 cm³/mol. The van der Waals surface area contributed by atoms with Crippen LogP contribution in [0.5, 0.6) is 5.75 Å². The van der Waals surface area contributed by atoms with Gasteiger partial charge in [0.25, 0.3) is 5.91 Å². The minimum atomic E-state index is -0.511. The highest BCUT2D eigenvalue weighted by Gasteiger charge is 2.42. The molecular weight excluding hydrogens is 442 g/mol. The molecule has 1 atom stereocenters. The molecule has 0 saturated heterocycles. The van der Waals surface area contributed by atoms with Gasteiger partial charge in [0, 0.05) is 13.2 Å². The molecule has 2 heterocycles. The van der Waals surface area contributed by atoms with E-state index in [0.717, 1.165) is 35.3 Å². The van der Waals surface area contributed by atoms with E-state index in [-0.39, 0.29) is 23.2 Å². The van der Waals surface area contributed by atoms with Gasteiger partial charge in [-0.3, -0.25) is 9.59 Å². The van der Waals surface area contributed by atoms with Gasteiger partial charge in [0.15, 0.2) is 5.43 Å². The second-order valence-corrected chi connectivity index (χ2v) is 9.58. The van der Waals surface area contributed by atoms with Gasteiger partial charge in [-0.1, -0.05) is 31.5 Å². The van der Waals surface area contributed by atoms with Crippen LogP contribution in [0.4, 0.5) is 0 Å². The summed E-state index contributed by atoms with van der Waals surface area (Å²) in [4.78, 5) is 29.1. The molecular formula is C29H35NO5. The van der Waals surface area contributed by atoms with Crippen LogP contribution in [0.3, 0.4) is 0 Å². The summed E-state index contributed by atoms with van der Waals surface area (Å²) < 4.78 is 17.7. The van der Waals surface area contributed by atoms with E-state index in [9.17, 15) is 9.59 Å². The SMILES string of the molecule is CCCCOc1ccc(C2c3c(oc4c(C)cc(C)cc4c3=O)C(=O)N2CCCOC(C)C)cc1. The van der Waals surface area contributed by atoms with Crippen LogP contribution in [0.1, 0.15) is 78.9 Å². The lowest BCUT2D eigenvalue weighted by Gasteiger charge is -2.25. The lowest BCUT2D eigenvalue weighted by Crippen LogP contribution is -2.31. The molecule has 1 amide bonds. The van der Waals surface area contributed by atoms with E-state index >= 15 is 0 Å². The topological polar surface area (TPSA) is 69.0 Å². The number of fused-ring (bicyclic) bond motifs is 2. The van der Waals surface area contributed by atoms with Crippen LogP contribution in [-0.2, 0) is 4.74 Å². The number of nitrogens with zero attached hydrogens (tertiary/aromatic N) is 1. The molecule has 0 saturated carbocycles. The van der Waals surface area contributed by atoms with Gasteiger partial charge in [-0.2, -0.15) is 0 Å². The average Bonchev–Trinajstić information content (AvgIpc) is 3.10. The Kier molecular flexibility index (Phi) is 7.60. The number of hydrogen-bond donors (Lipinski definition) is 0. The molecule has 1 aliphatic rings. The number of benzene rings is 2. The zero-order valence-electron chi connectivity index (χ0n) is 21.3. The van der Waals surface area contributed by atoms with E-state index < -0.39 is 6.04 Å². The van der Waals surface area contributed by atoms with Crippen LogP contribution in [0.2, 0.25) is 0 Å². The summed E-state index contributed by atoms with van der Waals surface area (Å²) in [7, 11) is 0. The fourth-order valence-corrected chi connectivity index (χ4v) is 4.69. The highest BCUT2D eigenvalue weighted by Crippen LogP contribution is 2.39. The first-order valence-electron chi connectivity index (χ1n) is 12.5. The third-order valence-corrected chi connectivity index (χ3v) is 6.35. The standard InChI is InChI=1S/C29H35NO5/c1-6-7-14-34-22-11-9-21(10-12-22)25-24-26(31)23-17-19(4)16-20(5)27(23)35-28(24)29(32)30(25)13-8-15-33-18(2)3/h9-12,16-18,25H,6-8,13-15H2,1-5H3. The van der Waals surface area contributed by atoms with Crippen LogP contribution in [-0.4, -0.2) is 36.7 Å². The predicted octanol–water partition coefficient (Wildman–Crippen LogP) is 5.95. The Morgan fingerprint density at radius 2 is 1.77 bits per heavy atom. The Labute approximate surface area is 206 Å². The number of carbonyl (C=O) groups is 1.